The number of hydrogen-bond acceptors (Lipinski definition) is 1. The minimum Gasteiger partial charge on any atom is -0.758 e. The van der Waals surface area contributed by atoms with Crippen LogP contribution in [0.5, 0.6) is 0 Å². The fourth-order valence-electron chi connectivity index (χ4n) is 0.0494. The predicted octanol–water partition coefficient (Wildman–Crippen LogP) is -0.0927. The maximum absolute atomic E-state index is 9.24. The van der Waals surface area contributed by atoms with Crippen molar-refractivity contribution < 1.29 is 10.1 Å². The Morgan fingerprint density at radius 3 is 2.50 bits per heavy atom. The molecule has 0 bridgehead atoms. The maximum atomic E-state index is 9.24. The zero-order valence-electron chi connectivity index (χ0n) is 2.83. The summed E-state index contributed by atoms with van der Waals surface area (Å²) in [6, 6.07) is 0. The topological polar surface area (TPSA) is 62.6 Å². The Morgan fingerprint density at radius 2 is 2.50 bits per heavy atom. The Hall–Kier alpha value is -1.15. The van der Waals surface area contributed by atoms with Gasteiger partial charge in [-0.05, 0) is 0 Å². The first-order valence-electron chi connectivity index (χ1n) is 1.15. The van der Waals surface area contributed by atoms with Crippen LogP contribution in [0.2, 0.25) is 0 Å². The molecule has 32 valence electrons. The summed E-state index contributed by atoms with van der Waals surface area (Å²) in [7, 11) is 0. The van der Waals surface area contributed by atoms with Crippen molar-refractivity contribution in [1.82, 2.24) is 0 Å². The van der Waals surface area contributed by atoms with Crippen molar-refractivity contribution >= 4 is 5.87 Å². The first-order chi connectivity index (χ1) is 2.77. The largest absolute Gasteiger partial charge is 0.758 e. The first kappa shape index (κ1) is 4.85. The lowest BCUT2D eigenvalue weighted by atomic mass is 11.0. The molecule has 0 radical (unpaired) electrons. The van der Waals surface area contributed by atoms with E-state index in [1.54, 1.807) is 0 Å². The molecule has 0 aliphatic heterocycles. The average molecular weight is 86.0 g/mol. The third-order valence-corrected chi connectivity index (χ3v) is 0.168. The average Bonchev–Trinajstić information content (AvgIpc) is 1.35. The van der Waals surface area contributed by atoms with E-state index in [0.29, 0.717) is 6.20 Å². The highest BCUT2D eigenvalue weighted by molar-refractivity contribution is 5.52. The highest BCUT2D eigenvalue weighted by atomic mass is 16.6. The molecule has 0 saturated carbocycles. The Morgan fingerprint density at radius 1 is 2.00 bits per heavy atom. The van der Waals surface area contributed by atoms with Crippen LogP contribution in [0.3, 0.4) is 0 Å². The summed E-state index contributed by atoms with van der Waals surface area (Å²) in [5, 5.41) is 15.1. The fraction of sp³-hybridized carbons (Fsp3) is 0. The lowest BCUT2D eigenvalue weighted by Gasteiger charge is -1.58. The molecule has 0 aromatic heterocycles. The van der Waals surface area contributed by atoms with Crippen molar-refractivity contribution in [3.8, 4) is 0 Å². The van der Waals surface area contributed by atoms with Crippen LogP contribution in [-0.2, 0) is 0 Å². The molecule has 0 saturated heterocycles. The molecule has 0 aliphatic carbocycles. The molecule has 0 spiro atoms. The zero-order valence-corrected chi connectivity index (χ0v) is 2.83. The van der Waals surface area contributed by atoms with Gasteiger partial charge in [0.15, 0.2) is 0 Å². The highest BCUT2D eigenvalue weighted by Gasteiger charge is 1.83. The Bertz CT molecular complexity index is 102. The summed E-state index contributed by atoms with van der Waals surface area (Å²) in [5.41, 5.74) is 0. The summed E-state index contributed by atoms with van der Waals surface area (Å²) in [5.74, 6) is 1.31. The van der Waals surface area contributed by atoms with E-state index in [2.05, 4.69) is 0 Å². The van der Waals surface area contributed by atoms with Gasteiger partial charge in [-0.2, -0.15) is 5.87 Å². The van der Waals surface area contributed by atoms with E-state index in [1.165, 1.54) is 5.87 Å². The Labute approximate surface area is 33.8 Å². The number of nitrogens with zero attached hydrogens (tertiary/aromatic N) is 2. The van der Waals surface area contributed by atoms with Crippen molar-refractivity contribution in [3.63, 3.8) is 0 Å². The third-order valence-electron chi connectivity index (χ3n) is 0.168. The van der Waals surface area contributed by atoms with Gasteiger partial charge in [0.1, 0.15) is 0 Å². The van der Waals surface area contributed by atoms with Gasteiger partial charge in [-0.3, -0.25) is 0 Å². The smallest absolute Gasteiger partial charge is 0.301 e. The molecule has 1 N–H and O–H groups in total. The van der Waals surface area contributed by atoms with Crippen molar-refractivity contribution in [2.75, 3.05) is 0 Å². The van der Waals surface area contributed by atoms with E-state index in [0.717, 1.165) is 0 Å². The molecule has 0 atom stereocenters. The minimum atomic E-state index is -0.556. The van der Waals surface area contributed by atoms with Gasteiger partial charge >= 0.3 is 6.20 Å². The quantitative estimate of drug-likeness (QED) is 0.358. The summed E-state index contributed by atoms with van der Waals surface area (Å²) < 4.78 is 0. The van der Waals surface area contributed by atoms with Gasteiger partial charge in [-0.1, -0.05) is 0 Å². The van der Waals surface area contributed by atoms with Crippen LogP contribution in [0.4, 0.5) is 0 Å². The van der Waals surface area contributed by atoms with Crippen LogP contribution in [0.25, 0.3) is 5.41 Å². The van der Waals surface area contributed by atoms with Crippen molar-refractivity contribution in [2.24, 2.45) is 0 Å². The molecule has 4 heteroatoms. The molecule has 0 amide bonds. The summed E-state index contributed by atoms with van der Waals surface area (Å²) in [6.45, 7) is 0. The van der Waals surface area contributed by atoms with E-state index >= 15 is 0 Å². The molecule has 0 unspecified atom stereocenters. The monoisotopic (exact) mass is 86.0 g/mol. The lowest BCUT2D eigenvalue weighted by Crippen LogP contribution is -1.85. The van der Waals surface area contributed by atoms with Crippen LogP contribution in [0.15, 0.2) is 6.20 Å². The maximum Gasteiger partial charge on any atom is 0.301 e. The molecule has 0 aromatic carbocycles. The van der Waals surface area contributed by atoms with Gasteiger partial charge in [0.25, 0.3) is 4.92 Å². The van der Waals surface area contributed by atoms with Crippen LogP contribution in [0.1, 0.15) is 0 Å². The van der Waals surface area contributed by atoms with Crippen LogP contribution >= 0.6 is 0 Å². The summed E-state index contributed by atoms with van der Waals surface area (Å²) in [4.78, 5) is 8.68. The minimum absolute atomic E-state index is 0.431. The fourth-order valence-corrected chi connectivity index (χ4v) is 0.0494. The van der Waals surface area contributed by atoms with Crippen LogP contribution in [0, 0.1) is 4.91 Å². The molecule has 0 fully saturated rings. The van der Waals surface area contributed by atoms with Gasteiger partial charge in [0.05, 0.1) is 4.91 Å². The second-order valence-corrected chi connectivity index (χ2v) is 0.561. The predicted molar refractivity (Wildman–Crippen MR) is 18.3 cm³/mol. The number of rotatable bonds is 1. The molecule has 0 aromatic rings. The second kappa shape index (κ2) is 2.11. The van der Waals surface area contributed by atoms with Crippen molar-refractivity contribution in [3.05, 3.63) is 16.5 Å². The van der Waals surface area contributed by atoms with E-state index in [9.17, 15) is 4.91 Å². The molecule has 0 aliphatic rings. The lowest BCUT2D eigenvalue weighted by molar-refractivity contribution is -0.740. The molecule has 0 rings (SSSR count). The van der Waals surface area contributed by atoms with Crippen LogP contribution in [-0.4, -0.2) is 16.0 Å². The molecule has 0 heterocycles. The summed E-state index contributed by atoms with van der Waals surface area (Å²) >= 11 is 0. The molecule has 6 heavy (non-hydrogen) atoms. The first-order valence-corrected chi connectivity index (χ1v) is 1.15. The molecule has 4 nitrogen and oxygen atoms in total. The summed E-state index contributed by atoms with van der Waals surface area (Å²) in [6.07, 6.45) is 0.431. The SMILES string of the molecule is [N-]=C=C[N+](=O)O. The standard InChI is InChI=1S/C2H2N2O2/c3-1-2-4(5)6/h2H,(H,5,6). The highest BCUT2D eigenvalue weighted by Crippen LogP contribution is 1.53. The van der Waals surface area contributed by atoms with E-state index in [-0.39, 0.29) is 0 Å². The Balaban J connectivity index is 3.60. The second-order valence-electron chi connectivity index (χ2n) is 0.561. The Kier molecular flexibility index (Phi) is 1.71. The van der Waals surface area contributed by atoms with Crippen molar-refractivity contribution in [2.45, 2.75) is 0 Å². The number of hydrogen-bond donors (Lipinski definition) is 1. The van der Waals surface area contributed by atoms with Gasteiger partial charge in [-0.25, -0.2) is 5.21 Å². The van der Waals surface area contributed by atoms with E-state index in [1.807, 2.05) is 0 Å². The van der Waals surface area contributed by atoms with Crippen LogP contribution < -0.4 is 0 Å². The van der Waals surface area contributed by atoms with E-state index in [4.69, 9.17) is 10.6 Å². The zero-order chi connectivity index (χ0) is 4.99. The van der Waals surface area contributed by atoms with Gasteiger partial charge in [0, 0.05) is 0 Å². The third kappa shape index (κ3) is 2.85. The van der Waals surface area contributed by atoms with Gasteiger partial charge in [0.2, 0.25) is 0 Å². The van der Waals surface area contributed by atoms with Gasteiger partial charge < -0.3 is 5.41 Å². The molecular formula is C2H2N2O2. The normalized spacial score (nSPS) is 6.00. The molecular weight excluding hydrogens is 84.0 g/mol. The van der Waals surface area contributed by atoms with Gasteiger partial charge in [-0.15, -0.1) is 0 Å². The van der Waals surface area contributed by atoms with Crippen molar-refractivity contribution in [1.29, 1.82) is 0 Å². The van der Waals surface area contributed by atoms with E-state index < -0.39 is 4.92 Å².